The number of hydrogen-bond acceptors (Lipinski definition) is 3. The van der Waals surface area contributed by atoms with Crippen LogP contribution in [0.5, 0.6) is 0 Å². The molecule has 0 aliphatic carbocycles. The summed E-state index contributed by atoms with van der Waals surface area (Å²) < 4.78 is 0. The van der Waals surface area contributed by atoms with Crippen molar-refractivity contribution in [3.8, 4) is 0 Å². The number of unbranched alkanes of at least 4 members (excludes halogenated alkanes) is 2. The van der Waals surface area contributed by atoms with Gasteiger partial charge < -0.3 is 9.90 Å². The minimum Gasteiger partial charge on any atom is -0.542 e. The van der Waals surface area contributed by atoms with Crippen molar-refractivity contribution in [2.45, 2.75) is 32.6 Å². The summed E-state index contributed by atoms with van der Waals surface area (Å²) in [5, 5.41) is 9.83. The molecule has 0 aliphatic heterocycles. The van der Waals surface area contributed by atoms with Gasteiger partial charge in [-0.05, 0) is 6.42 Å². The van der Waals surface area contributed by atoms with E-state index in [2.05, 4.69) is 0 Å². The molecule has 0 N–H and O–H groups in total. The van der Waals surface area contributed by atoms with E-state index in [0.29, 0.717) is 6.42 Å². The van der Waals surface area contributed by atoms with Crippen LogP contribution in [0.25, 0.3) is 0 Å². The molecule has 58 valence electrons. The van der Waals surface area contributed by atoms with Crippen molar-refractivity contribution in [2.75, 3.05) is 0 Å². The van der Waals surface area contributed by atoms with Gasteiger partial charge in [-0.1, -0.05) is 19.8 Å². The van der Waals surface area contributed by atoms with Crippen LogP contribution in [-0.4, -0.2) is 11.8 Å². The molecule has 0 radical (unpaired) electrons. The van der Waals surface area contributed by atoms with Gasteiger partial charge in [0.05, 0.1) is 0 Å². The van der Waals surface area contributed by atoms with Gasteiger partial charge in [0.15, 0.2) is 5.78 Å². The molecule has 0 fully saturated rings. The van der Waals surface area contributed by atoms with Crippen molar-refractivity contribution < 1.29 is 66.1 Å². The van der Waals surface area contributed by atoms with Crippen LogP contribution in [-0.2, 0) is 9.59 Å². The second kappa shape index (κ2) is 8.87. The summed E-state index contributed by atoms with van der Waals surface area (Å²) in [4.78, 5) is 20.2. The molecule has 0 bridgehead atoms. The van der Waals surface area contributed by atoms with Gasteiger partial charge in [-0.15, -0.1) is 0 Å². The second-order valence-corrected chi connectivity index (χ2v) is 2.17. The molecule has 4 heteroatoms. The molecule has 0 aromatic rings. The average molecular weight is 182 g/mol. The van der Waals surface area contributed by atoms with E-state index < -0.39 is 11.8 Å². The van der Waals surface area contributed by atoms with Gasteiger partial charge in [-0.2, -0.15) is 0 Å². The Labute approximate surface area is 109 Å². The summed E-state index contributed by atoms with van der Waals surface area (Å²) in [6.45, 7) is 1.99. The van der Waals surface area contributed by atoms with Crippen LogP contribution in [0.1, 0.15) is 32.6 Å². The SMILES string of the molecule is CCCCCC(=O)C(=O)[O-].[K+]. The molecule has 0 unspecified atom stereocenters. The monoisotopic (exact) mass is 182 g/mol. The maximum atomic E-state index is 10.4. The van der Waals surface area contributed by atoms with Crippen molar-refractivity contribution in [3.63, 3.8) is 0 Å². The van der Waals surface area contributed by atoms with Crippen molar-refractivity contribution in [2.24, 2.45) is 0 Å². The average Bonchev–Trinajstić information content (AvgIpc) is 1.88. The molecule has 0 aromatic heterocycles. The zero-order chi connectivity index (χ0) is 7.98. The first-order valence-electron chi connectivity index (χ1n) is 3.42. The molecule has 0 atom stereocenters. The minimum absolute atomic E-state index is 0. The number of carbonyl (C=O) groups is 2. The largest absolute Gasteiger partial charge is 1.00 e. The van der Waals surface area contributed by atoms with E-state index in [-0.39, 0.29) is 57.8 Å². The number of carboxylic acids is 1. The Bertz CT molecular complexity index is 134. The third-order valence-corrected chi connectivity index (χ3v) is 1.24. The first-order chi connectivity index (χ1) is 4.68. The van der Waals surface area contributed by atoms with Crippen LogP contribution in [0, 0.1) is 0 Å². The number of carbonyl (C=O) groups excluding carboxylic acids is 2. The predicted molar refractivity (Wildman–Crippen MR) is 34.2 cm³/mol. The Morgan fingerprint density at radius 1 is 1.27 bits per heavy atom. The predicted octanol–water partition coefficient (Wildman–Crippen LogP) is -3.11. The van der Waals surface area contributed by atoms with Gasteiger partial charge in [-0.3, -0.25) is 4.79 Å². The number of aliphatic carboxylic acids is 1. The Morgan fingerprint density at radius 3 is 2.18 bits per heavy atom. The van der Waals surface area contributed by atoms with Crippen LogP contribution in [0.2, 0.25) is 0 Å². The Balaban J connectivity index is 0. The fraction of sp³-hybridized carbons (Fsp3) is 0.714. The summed E-state index contributed by atoms with van der Waals surface area (Å²) in [6, 6.07) is 0. The molecule has 0 amide bonds. The number of ketones is 1. The van der Waals surface area contributed by atoms with E-state index in [9.17, 15) is 14.7 Å². The fourth-order valence-electron chi connectivity index (χ4n) is 0.638. The Hall–Kier alpha value is 0.776. The molecule has 0 spiro atoms. The Morgan fingerprint density at radius 2 is 1.82 bits per heavy atom. The van der Waals surface area contributed by atoms with E-state index >= 15 is 0 Å². The van der Waals surface area contributed by atoms with E-state index in [1.54, 1.807) is 0 Å². The van der Waals surface area contributed by atoms with Crippen molar-refractivity contribution in [3.05, 3.63) is 0 Å². The van der Waals surface area contributed by atoms with Gasteiger partial charge in [-0.25, -0.2) is 0 Å². The molecule has 0 rings (SSSR count). The summed E-state index contributed by atoms with van der Waals surface area (Å²) in [5.74, 6) is -2.34. The molecule has 3 nitrogen and oxygen atoms in total. The van der Waals surface area contributed by atoms with Crippen molar-refractivity contribution in [1.82, 2.24) is 0 Å². The molecule has 0 aromatic carbocycles. The standard InChI is InChI=1S/C7H12O3.K/c1-2-3-4-5-6(8)7(9)10;/h2-5H2,1H3,(H,9,10);/q;+1/p-1. The van der Waals surface area contributed by atoms with Crippen molar-refractivity contribution in [1.29, 1.82) is 0 Å². The van der Waals surface area contributed by atoms with Crippen LogP contribution >= 0.6 is 0 Å². The summed E-state index contributed by atoms with van der Waals surface area (Å²) in [6.07, 6.45) is 2.67. The number of rotatable bonds is 5. The van der Waals surface area contributed by atoms with Crippen LogP contribution < -0.4 is 56.5 Å². The van der Waals surface area contributed by atoms with Crippen LogP contribution in [0.15, 0.2) is 0 Å². The van der Waals surface area contributed by atoms with E-state index in [1.807, 2.05) is 6.92 Å². The summed E-state index contributed by atoms with van der Waals surface area (Å²) in [5.41, 5.74) is 0. The van der Waals surface area contributed by atoms with Crippen LogP contribution in [0.3, 0.4) is 0 Å². The molecule has 0 heterocycles. The minimum atomic E-state index is -1.56. The third kappa shape index (κ3) is 8.68. The second-order valence-electron chi connectivity index (χ2n) is 2.17. The molecule has 11 heavy (non-hydrogen) atoms. The first kappa shape index (κ1) is 14.3. The molecule has 0 saturated carbocycles. The Kier molecular flexibility index (Phi) is 11.5. The van der Waals surface area contributed by atoms with Gasteiger partial charge >= 0.3 is 51.4 Å². The molecule has 0 saturated heterocycles. The zero-order valence-electron chi connectivity index (χ0n) is 7.05. The van der Waals surface area contributed by atoms with E-state index in [0.717, 1.165) is 12.8 Å². The number of hydrogen-bond donors (Lipinski definition) is 0. The molecular formula is C7H11KO3. The van der Waals surface area contributed by atoms with Crippen molar-refractivity contribution >= 4 is 11.8 Å². The molecular weight excluding hydrogens is 171 g/mol. The van der Waals surface area contributed by atoms with Gasteiger partial charge in [0.25, 0.3) is 0 Å². The maximum Gasteiger partial charge on any atom is 1.00 e. The summed E-state index contributed by atoms with van der Waals surface area (Å²) >= 11 is 0. The summed E-state index contributed by atoms with van der Waals surface area (Å²) in [7, 11) is 0. The maximum absolute atomic E-state index is 10.4. The van der Waals surface area contributed by atoms with Gasteiger partial charge in [0.1, 0.15) is 5.97 Å². The normalized spacial score (nSPS) is 8.45. The first-order valence-corrected chi connectivity index (χ1v) is 3.42. The molecule has 0 aliphatic rings. The quantitative estimate of drug-likeness (QED) is 0.257. The number of carboxylic acid groups (broad SMARTS) is 1. The van der Waals surface area contributed by atoms with Crippen LogP contribution in [0.4, 0.5) is 0 Å². The van der Waals surface area contributed by atoms with Gasteiger partial charge in [0.2, 0.25) is 0 Å². The van der Waals surface area contributed by atoms with E-state index in [4.69, 9.17) is 0 Å². The smallest absolute Gasteiger partial charge is 0.542 e. The van der Waals surface area contributed by atoms with E-state index in [1.165, 1.54) is 0 Å². The topological polar surface area (TPSA) is 57.2 Å². The zero-order valence-corrected chi connectivity index (χ0v) is 10.2. The van der Waals surface area contributed by atoms with Gasteiger partial charge in [0, 0.05) is 6.42 Å². The number of Topliss-reactive ketones (excluding diaryl/α,β-unsaturated/α-hetero) is 1. The fourth-order valence-corrected chi connectivity index (χ4v) is 0.638. The third-order valence-electron chi connectivity index (χ3n) is 1.24.